The van der Waals surface area contributed by atoms with Gasteiger partial charge in [-0.05, 0) is 22.0 Å². The maximum atomic E-state index is 6.48. The molecule has 0 aliphatic carbocycles. The Labute approximate surface area is 134 Å². The molecule has 0 atom stereocenters. The molecule has 0 saturated heterocycles. The lowest BCUT2D eigenvalue weighted by atomic mass is 10.1. The van der Waals surface area contributed by atoms with Gasteiger partial charge in [0.05, 0.1) is 23.1 Å². The second-order valence-electron chi connectivity index (χ2n) is 4.06. The first kappa shape index (κ1) is 13.8. The van der Waals surface area contributed by atoms with Crippen LogP contribution in [-0.4, -0.2) is 15.7 Å². The van der Waals surface area contributed by atoms with Gasteiger partial charge in [0, 0.05) is 23.1 Å². The van der Waals surface area contributed by atoms with Crippen LogP contribution in [0.25, 0.3) is 0 Å². The molecular formula is C14H9BrClN3S. The van der Waals surface area contributed by atoms with Crippen molar-refractivity contribution in [3.63, 3.8) is 0 Å². The quantitative estimate of drug-likeness (QED) is 0.786. The van der Waals surface area contributed by atoms with Crippen molar-refractivity contribution in [2.75, 3.05) is 0 Å². The molecule has 1 aromatic heterocycles. The zero-order valence-electron chi connectivity index (χ0n) is 10.3. The van der Waals surface area contributed by atoms with Gasteiger partial charge in [-0.25, -0.2) is 9.97 Å². The number of allylic oxidation sites excluding steroid dienone is 1. The molecule has 0 amide bonds. The molecule has 2 aromatic rings. The molecule has 1 aliphatic rings. The van der Waals surface area contributed by atoms with E-state index in [4.69, 9.17) is 11.6 Å². The molecule has 1 aromatic carbocycles. The van der Waals surface area contributed by atoms with Crippen LogP contribution in [0, 0.1) is 0 Å². The second-order valence-corrected chi connectivity index (χ2v) is 6.31. The molecule has 1 aliphatic heterocycles. The number of aliphatic imine (C=N–C) groups is 1. The maximum absolute atomic E-state index is 6.48. The van der Waals surface area contributed by atoms with Gasteiger partial charge in [0.25, 0.3) is 0 Å². The van der Waals surface area contributed by atoms with Crippen LogP contribution < -0.4 is 0 Å². The highest BCUT2D eigenvalue weighted by Crippen LogP contribution is 2.35. The van der Waals surface area contributed by atoms with Crippen molar-refractivity contribution in [2.24, 2.45) is 4.99 Å². The zero-order chi connectivity index (χ0) is 13.9. The van der Waals surface area contributed by atoms with Gasteiger partial charge in [0.15, 0.2) is 0 Å². The Kier molecular flexibility index (Phi) is 4.19. The van der Waals surface area contributed by atoms with E-state index in [-0.39, 0.29) is 0 Å². The number of nitrogens with zero attached hydrogens (tertiary/aromatic N) is 3. The molecule has 2 heterocycles. The summed E-state index contributed by atoms with van der Waals surface area (Å²) in [5.41, 5.74) is 1.98. The zero-order valence-corrected chi connectivity index (χ0v) is 13.4. The SMILES string of the molecule is Clc1c(Sc2cnc(Br)cn2)cccc1C1=NC=CC1. The van der Waals surface area contributed by atoms with E-state index in [1.54, 1.807) is 12.4 Å². The fourth-order valence-corrected chi connectivity index (χ4v) is 3.16. The highest BCUT2D eigenvalue weighted by Gasteiger charge is 2.13. The molecule has 0 bridgehead atoms. The van der Waals surface area contributed by atoms with Crippen LogP contribution in [0.2, 0.25) is 5.02 Å². The third-order valence-electron chi connectivity index (χ3n) is 2.73. The fourth-order valence-electron chi connectivity index (χ4n) is 1.82. The van der Waals surface area contributed by atoms with Crippen molar-refractivity contribution in [2.45, 2.75) is 16.3 Å². The van der Waals surface area contributed by atoms with E-state index in [9.17, 15) is 0 Å². The Hall–Kier alpha value is -1.17. The van der Waals surface area contributed by atoms with Gasteiger partial charge >= 0.3 is 0 Å². The lowest BCUT2D eigenvalue weighted by molar-refractivity contribution is 1.03. The van der Waals surface area contributed by atoms with E-state index in [1.807, 2.05) is 30.5 Å². The molecular weight excluding hydrogens is 358 g/mol. The Morgan fingerprint density at radius 3 is 2.80 bits per heavy atom. The minimum Gasteiger partial charge on any atom is -0.261 e. The van der Waals surface area contributed by atoms with Crippen molar-refractivity contribution in [3.05, 3.63) is 58.1 Å². The predicted molar refractivity (Wildman–Crippen MR) is 85.6 cm³/mol. The van der Waals surface area contributed by atoms with Crippen molar-refractivity contribution < 1.29 is 0 Å². The first-order chi connectivity index (χ1) is 9.74. The van der Waals surface area contributed by atoms with Gasteiger partial charge in [-0.2, -0.15) is 0 Å². The second kappa shape index (κ2) is 6.08. The van der Waals surface area contributed by atoms with Crippen LogP contribution >= 0.6 is 39.3 Å². The highest BCUT2D eigenvalue weighted by atomic mass is 79.9. The maximum Gasteiger partial charge on any atom is 0.124 e. The van der Waals surface area contributed by atoms with E-state index < -0.39 is 0 Å². The van der Waals surface area contributed by atoms with E-state index in [1.165, 1.54) is 11.8 Å². The molecule has 0 fully saturated rings. The molecule has 6 heteroatoms. The van der Waals surface area contributed by atoms with Crippen LogP contribution in [-0.2, 0) is 0 Å². The molecule has 0 unspecified atom stereocenters. The molecule has 3 rings (SSSR count). The summed E-state index contributed by atoms with van der Waals surface area (Å²) in [5.74, 6) is 0. The van der Waals surface area contributed by atoms with Crippen molar-refractivity contribution in [3.8, 4) is 0 Å². The number of hydrogen-bond acceptors (Lipinski definition) is 4. The lowest BCUT2D eigenvalue weighted by Gasteiger charge is -2.08. The van der Waals surface area contributed by atoms with E-state index >= 15 is 0 Å². The predicted octanol–water partition coefficient (Wildman–Crippen LogP) is 4.75. The van der Waals surface area contributed by atoms with E-state index in [0.29, 0.717) is 9.63 Å². The molecule has 100 valence electrons. The number of benzene rings is 1. The summed E-state index contributed by atoms with van der Waals surface area (Å²) in [4.78, 5) is 13.7. The normalized spacial score (nSPS) is 13.6. The number of hydrogen-bond donors (Lipinski definition) is 0. The smallest absolute Gasteiger partial charge is 0.124 e. The Morgan fingerprint density at radius 1 is 1.20 bits per heavy atom. The van der Waals surface area contributed by atoms with Crippen molar-refractivity contribution in [1.29, 1.82) is 0 Å². The van der Waals surface area contributed by atoms with Crippen molar-refractivity contribution in [1.82, 2.24) is 9.97 Å². The summed E-state index contributed by atoms with van der Waals surface area (Å²) in [7, 11) is 0. The van der Waals surface area contributed by atoms with Gasteiger partial charge in [-0.1, -0.05) is 41.6 Å². The number of rotatable bonds is 3. The van der Waals surface area contributed by atoms with Gasteiger partial charge in [0.2, 0.25) is 0 Å². The topological polar surface area (TPSA) is 38.1 Å². The fraction of sp³-hybridized carbons (Fsp3) is 0.0714. The first-order valence-electron chi connectivity index (χ1n) is 5.90. The summed E-state index contributed by atoms with van der Waals surface area (Å²) in [6.45, 7) is 0. The molecule has 0 N–H and O–H groups in total. The average molecular weight is 367 g/mol. The number of halogens is 2. The van der Waals surface area contributed by atoms with Gasteiger partial charge in [-0.15, -0.1) is 0 Å². The molecule has 0 spiro atoms. The summed E-state index contributed by atoms with van der Waals surface area (Å²) >= 11 is 11.2. The standard InChI is InChI=1S/C14H9BrClN3S/c15-12-7-19-13(8-18-12)20-11-5-1-3-9(14(11)16)10-4-2-6-17-10/h1-3,5-8H,4H2. The third-order valence-corrected chi connectivity index (χ3v) is 4.64. The molecule has 3 nitrogen and oxygen atoms in total. The Morgan fingerprint density at radius 2 is 2.10 bits per heavy atom. The molecule has 0 radical (unpaired) electrons. The van der Waals surface area contributed by atoms with Crippen LogP contribution in [0.4, 0.5) is 0 Å². The summed E-state index contributed by atoms with van der Waals surface area (Å²) in [6.07, 6.45) is 8.04. The minimum atomic E-state index is 0.713. The van der Waals surface area contributed by atoms with Crippen molar-refractivity contribution >= 4 is 45.0 Å². The summed E-state index contributed by atoms with van der Waals surface area (Å²) in [6, 6.07) is 5.95. The Bertz CT molecular complexity index is 698. The lowest BCUT2D eigenvalue weighted by Crippen LogP contribution is -1.98. The average Bonchev–Trinajstić information content (AvgIpc) is 2.97. The third kappa shape index (κ3) is 2.95. The Balaban J connectivity index is 1.90. The largest absolute Gasteiger partial charge is 0.261 e. The van der Waals surface area contributed by atoms with E-state index in [2.05, 4.69) is 30.9 Å². The van der Waals surface area contributed by atoms with Crippen LogP contribution in [0.1, 0.15) is 12.0 Å². The molecule has 0 saturated carbocycles. The minimum absolute atomic E-state index is 0.713. The summed E-state index contributed by atoms with van der Waals surface area (Å²) < 4.78 is 0.716. The monoisotopic (exact) mass is 365 g/mol. The van der Waals surface area contributed by atoms with Crippen LogP contribution in [0.3, 0.4) is 0 Å². The van der Waals surface area contributed by atoms with Crippen LogP contribution in [0.15, 0.2) is 62.4 Å². The molecule has 20 heavy (non-hydrogen) atoms. The van der Waals surface area contributed by atoms with Gasteiger partial charge in [0.1, 0.15) is 9.63 Å². The van der Waals surface area contributed by atoms with E-state index in [0.717, 1.165) is 27.6 Å². The van der Waals surface area contributed by atoms with Crippen LogP contribution in [0.5, 0.6) is 0 Å². The van der Waals surface area contributed by atoms with Gasteiger partial charge in [-0.3, -0.25) is 4.99 Å². The first-order valence-corrected chi connectivity index (χ1v) is 7.89. The highest BCUT2D eigenvalue weighted by molar-refractivity contribution is 9.10. The van der Waals surface area contributed by atoms with Gasteiger partial charge < -0.3 is 0 Å². The number of aromatic nitrogens is 2. The summed E-state index contributed by atoms with van der Waals surface area (Å²) in [5, 5.41) is 1.52.